The number of anilines is 1. The van der Waals surface area contributed by atoms with E-state index in [1.807, 2.05) is 12.1 Å². The third-order valence-corrected chi connectivity index (χ3v) is 3.83. The minimum absolute atomic E-state index is 0.502. The van der Waals surface area contributed by atoms with E-state index in [2.05, 4.69) is 18.3 Å². The zero-order valence-corrected chi connectivity index (χ0v) is 8.76. The maximum atomic E-state index is 5.13. The Kier molecular flexibility index (Phi) is 1.91. The van der Waals surface area contributed by atoms with Crippen molar-refractivity contribution in [1.82, 2.24) is 0 Å². The summed E-state index contributed by atoms with van der Waals surface area (Å²) in [6.45, 7) is 2.13. The van der Waals surface area contributed by atoms with Crippen LogP contribution in [0, 0.1) is 0 Å². The van der Waals surface area contributed by atoms with E-state index in [1.165, 1.54) is 14.7 Å². The number of nitrogens with one attached hydrogen (secondary N) is 1. The van der Waals surface area contributed by atoms with Crippen LogP contribution in [0.5, 0.6) is 5.75 Å². The van der Waals surface area contributed by atoms with Crippen LogP contribution in [-0.4, -0.2) is 26.2 Å². The van der Waals surface area contributed by atoms with Crippen LogP contribution in [-0.2, 0) is 0 Å². The normalized spacial score (nSPS) is 13.3. The van der Waals surface area contributed by atoms with E-state index < -0.39 is 0 Å². The molecule has 1 aliphatic rings. The van der Waals surface area contributed by atoms with Gasteiger partial charge in [-0.15, -0.1) is 0 Å². The van der Waals surface area contributed by atoms with Gasteiger partial charge in [-0.3, -0.25) is 0 Å². The first kappa shape index (κ1) is 7.84. The first-order chi connectivity index (χ1) is 5.79. The van der Waals surface area contributed by atoms with Crippen LogP contribution in [0.3, 0.4) is 0 Å². The van der Waals surface area contributed by atoms with Gasteiger partial charge in [-0.1, -0.05) is 0 Å². The van der Waals surface area contributed by atoms with Crippen molar-refractivity contribution < 1.29 is 4.74 Å². The van der Waals surface area contributed by atoms with Gasteiger partial charge in [0, 0.05) is 0 Å². The number of hydrogen-bond acceptors (Lipinski definition) is 2. The molecule has 1 N–H and O–H groups in total. The molecule has 0 spiro atoms. The molecule has 12 heavy (non-hydrogen) atoms. The fourth-order valence-corrected chi connectivity index (χ4v) is 2.98. The fraction of sp³-hybridized carbons (Fsp3) is 0.222. The van der Waals surface area contributed by atoms with E-state index >= 15 is 0 Å². The zero-order valence-electron chi connectivity index (χ0n) is 7.05. The van der Waals surface area contributed by atoms with Crippen LogP contribution >= 0.6 is 0 Å². The van der Waals surface area contributed by atoms with Gasteiger partial charge in [-0.05, 0) is 0 Å². The monoisotopic (exact) mass is 228 g/mol. The van der Waals surface area contributed by atoms with Crippen molar-refractivity contribution >= 4 is 29.2 Å². The van der Waals surface area contributed by atoms with Gasteiger partial charge in [0.2, 0.25) is 0 Å². The topological polar surface area (TPSA) is 21.3 Å². The first-order valence-electron chi connectivity index (χ1n) is 3.76. The molecule has 0 saturated heterocycles. The molecule has 63 valence electrons. The van der Waals surface area contributed by atoms with Crippen molar-refractivity contribution in [1.29, 1.82) is 0 Å². The van der Waals surface area contributed by atoms with Gasteiger partial charge in [0.25, 0.3) is 0 Å². The van der Waals surface area contributed by atoms with Gasteiger partial charge in [0.1, 0.15) is 0 Å². The molecule has 0 bridgehead atoms. The number of hydrogen-bond donors (Lipinski definition) is 1. The molecule has 3 heteroatoms. The van der Waals surface area contributed by atoms with E-state index in [-0.39, 0.29) is 0 Å². The summed E-state index contributed by atoms with van der Waals surface area (Å²) in [5.41, 5.74) is 1.21. The summed E-state index contributed by atoms with van der Waals surface area (Å²) in [6.07, 6.45) is 0. The average molecular weight is 227 g/mol. The van der Waals surface area contributed by atoms with Gasteiger partial charge in [-0.2, -0.15) is 0 Å². The Balaban J connectivity index is 2.42. The summed E-state index contributed by atoms with van der Waals surface area (Å²) in [5.74, 6) is 0.923. The van der Waals surface area contributed by atoms with Gasteiger partial charge in [0.05, 0.1) is 0 Å². The number of benzene rings is 1. The molecule has 1 heterocycles. The predicted molar refractivity (Wildman–Crippen MR) is 52.7 cm³/mol. The summed E-state index contributed by atoms with van der Waals surface area (Å²) < 4.78 is 7.92. The van der Waals surface area contributed by atoms with Gasteiger partial charge in [0.15, 0.2) is 0 Å². The quantitative estimate of drug-likeness (QED) is 0.709. The Morgan fingerprint density at radius 3 is 3.00 bits per heavy atom. The number of ether oxygens (including phenoxy) is 1. The summed E-state index contributed by atoms with van der Waals surface area (Å²) in [7, 11) is 1.69. The Labute approximate surface area is 77.6 Å². The molecule has 1 radical (unpaired) electrons. The molecule has 0 fully saturated rings. The van der Waals surface area contributed by atoms with Crippen molar-refractivity contribution in [2.75, 3.05) is 12.4 Å². The second-order valence-corrected chi connectivity index (χ2v) is 5.28. The second-order valence-electron chi connectivity index (χ2n) is 2.65. The standard InChI is InChI=1S/C9H10NOSe/c1-6-10-8-5-7(11-2)3-4-9(8)12-6/h3-5,10H,1-2H3. The maximum absolute atomic E-state index is 5.13. The molecule has 0 saturated carbocycles. The molecule has 0 aliphatic carbocycles. The molecular weight excluding hydrogens is 217 g/mol. The van der Waals surface area contributed by atoms with Crippen LogP contribution in [0.25, 0.3) is 0 Å². The Morgan fingerprint density at radius 2 is 2.25 bits per heavy atom. The van der Waals surface area contributed by atoms with Crippen molar-refractivity contribution in [3.63, 3.8) is 0 Å². The Bertz CT molecular complexity index is 346. The summed E-state index contributed by atoms with van der Waals surface area (Å²) >= 11 is 0.502. The van der Waals surface area contributed by atoms with Gasteiger partial charge in [-0.25, -0.2) is 0 Å². The molecule has 2 nitrogen and oxygen atoms in total. The van der Waals surface area contributed by atoms with Crippen LogP contribution < -0.4 is 14.5 Å². The minimum atomic E-state index is 0.502. The third-order valence-electron chi connectivity index (χ3n) is 1.76. The van der Waals surface area contributed by atoms with Crippen molar-refractivity contribution in [3.8, 4) is 5.75 Å². The Hall–Kier alpha value is -0.791. The average Bonchev–Trinajstić information content (AvgIpc) is 2.43. The SMILES string of the molecule is COc1ccc2c(c1)NC(C)=[Se]2. The van der Waals surface area contributed by atoms with Crippen molar-refractivity contribution in [2.24, 2.45) is 0 Å². The van der Waals surface area contributed by atoms with Gasteiger partial charge >= 0.3 is 77.2 Å². The molecule has 1 aliphatic heterocycles. The fourth-order valence-electron chi connectivity index (χ4n) is 1.20. The number of fused-ring (bicyclic) bond motifs is 1. The molecule has 0 unspecified atom stereocenters. The first-order valence-corrected chi connectivity index (χ1v) is 5.47. The number of methoxy groups -OCH3 is 1. The van der Waals surface area contributed by atoms with Crippen molar-refractivity contribution in [2.45, 2.75) is 6.92 Å². The number of rotatable bonds is 1. The Morgan fingerprint density at radius 1 is 1.42 bits per heavy atom. The molecular formula is C9H10NOSe. The molecule has 2 rings (SSSR count). The van der Waals surface area contributed by atoms with E-state index in [0.717, 1.165) is 5.75 Å². The molecule has 0 amide bonds. The van der Waals surface area contributed by atoms with Crippen molar-refractivity contribution in [3.05, 3.63) is 18.2 Å². The predicted octanol–water partition coefficient (Wildman–Crippen LogP) is 0.600. The molecule has 0 atom stereocenters. The van der Waals surface area contributed by atoms with Crippen LogP contribution in [0.4, 0.5) is 5.69 Å². The molecule has 1 aromatic rings. The third kappa shape index (κ3) is 1.26. The van der Waals surface area contributed by atoms with E-state index in [0.29, 0.717) is 14.5 Å². The van der Waals surface area contributed by atoms with Gasteiger partial charge < -0.3 is 0 Å². The summed E-state index contributed by atoms with van der Waals surface area (Å²) in [5, 5.41) is 3.34. The molecule has 1 aromatic carbocycles. The summed E-state index contributed by atoms with van der Waals surface area (Å²) in [4.78, 5) is 0. The van der Waals surface area contributed by atoms with Crippen LogP contribution in [0.1, 0.15) is 6.92 Å². The van der Waals surface area contributed by atoms with E-state index in [1.54, 1.807) is 7.11 Å². The van der Waals surface area contributed by atoms with E-state index in [9.17, 15) is 0 Å². The van der Waals surface area contributed by atoms with E-state index in [4.69, 9.17) is 4.74 Å². The summed E-state index contributed by atoms with van der Waals surface area (Å²) in [6, 6.07) is 6.20. The van der Waals surface area contributed by atoms with Crippen LogP contribution in [0.2, 0.25) is 0 Å². The zero-order chi connectivity index (χ0) is 8.55. The van der Waals surface area contributed by atoms with Crippen LogP contribution in [0.15, 0.2) is 18.2 Å². The second kappa shape index (κ2) is 2.92. The molecule has 0 aromatic heterocycles.